The van der Waals surface area contributed by atoms with Gasteiger partial charge in [-0.2, -0.15) is 0 Å². The first-order valence-electron chi connectivity index (χ1n) is 13.9. The lowest BCUT2D eigenvalue weighted by molar-refractivity contribution is -0.00814. The molecule has 3 aromatic carbocycles. The average molecular weight is 612 g/mol. The SMILES string of the molecule is COCCOCOc1ccc(N2CCc3cc(-c4ccc(C(=O)N5CC[C@@H](F)C5)cc4)ccc3C2=O)cc1NS(C)(=O)=O. The Morgan fingerprint density at radius 2 is 1.79 bits per heavy atom. The van der Waals surface area contributed by atoms with Crippen molar-refractivity contribution in [3.8, 4) is 16.9 Å². The van der Waals surface area contributed by atoms with Crippen LogP contribution in [-0.2, 0) is 25.9 Å². The molecule has 1 saturated heterocycles. The maximum atomic E-state index is 13.5. The van der Waals surface area contributed by atoms with Gasteiger partial charge in [0.25, 0.3) is 11.8 Å². The number of rotatable bonds is 11. The second kappa shape index (κ2) is 13.1. The fourth-order valence-corrected chi connectivity index (χ4v) is 5.76. The number of carbonyl (C=O) groups excluding carboxylic acids is 2. The fraction of sp³-hybridized carbons (Fsp3) is 0.355. The maximum absolute atomic E-state index is 13.5. The molecule has 10 nitrogen and oxygen atoms in total. The van der Waals surface area contributed by atoms with E-state index in [1.54, 1.807) is 48.4 Å². The molecular weight excluding hydrogens is 577 g/mol. The lowest BCUT2D eigenvalue weighted by Gasteiger charge is -2.29. The fourth-order valence-electron chi connectivity index (χ4n) is 5.20. The predicted octanol–water partition coefficient (Wildman–Crippen LogP) is 4.11. The molecule has 2 aliphatic rings. The summed E-state index contributed by atoms with van der Waals surface area (Å²) >= 11 is 0. The van der Waals surface area contributed by atoms with E-state index >= 15 is 0 Å². The third kappa shape index (κ3) is 7.32. The molecule has 2 amide bonds. The molecule has 5 rings (SSSR count). The number of anilines is 2. The molecule has 0 aromatic heterocycles. The maximum Gasteiger partial charge on any atom is 0.258 e. The van der Waals surface area contributed by atoms with E-state index < -0.39 is 16.2 Å². The van der Waals surface area contributed by atoms with Crippen molar-refractivity contribution < 1.29 is 36.6 Å². The first-order chi connectivity index (χ1) is 20.6. The van der Waals surface area contributed by atoms with E-state index in [9.17, 15) is 22.4 Å². The van der Waals surface area contributed by atoms with E-state index in [0.29, 0.717) is 56.0 Å². The normalized spacial score (nSPS) is 16.7. The molecule has 2 heterocycles. The summed E-state index contributed by atoms with van der Waals surface area (Å²) in [7, 11) is -2.07. The van der Waals surface area contributed by atoms with Gasteiger partial charge >= 0.3 is 0 Å². The summed E-state index contributed by atoms with van der Waals surface area (Å²) in [5.41, 5.74) is 4.50. The van der Waals surface area contributed by atoms with Gasteiger partial charge in [0.15, 0.2) is 6.79 Å². The van der Waals surface area contributed by atoms with Crippen molar-refractivity contribution in [2.45, 2.75) is 19.0 Å². The average Bonchev–Trinajstić information content (AvgIpc) is 3.43. The number of benzene rings is 3. The Bertz CT molecular complexity index is 1600. The third-order valence-corrected chi connectivity index (χ3v) is 7.96. The second-order valence-electron chi connectivity index (χ2n) is 10.5. The van der Waals surface area contributed by atoms with E-state index in [1.165, 1.54) is 4.90 Å². The van der Waals surface area contributed by atoms with Crippen LogP contribution in [-0.4, -0.2) is 84.3 Å². The van der Waals surface area contributed by atoms with Crippen molar-refractivity contribution in [3.05, 3.63) is 77.4 Å². The number of halogens is 1. The Labute approximate surface area is 250 Å². The Kier molecular flexibility index (Phi) is 9.28. The van der Waals surface area contributed by atoms with Gasteiger partial charge in [-0.15, -0.1) is 0 Å². The summed E-state index contributed by atoms with van der Waals surface area (Å²) in [6.45, 7) is 1.57. The molecule has 0 aliphatic carbocycles. The Morgan fingerprint density at radius 1 is 1.02 bits per heavy atom. The number of nitrogens with one attached hydrogen (secondary N) is 1. The summed E-state index contributed by atoms with van der Waals surface area (Å²) in [4.78, 5) is 29.4. The highest BCUT2D eigenvalue weighted by molar-refractivity contribution is 7.92. The number of hydrogen-bond acceptors (Lipinski definition) is 7. The first kappa shape index (κ1) is 30.5. The monoisotopic (exact) mass is 611 g/mol. The van der Waals surface area contributed by atoms with E-state index in [-0.39, 0.29) is 36.6 Å². The molecule has 1 fully saturated rings. The van der Waals surface area contributed by atoms with Crippen LogP contribution in [0.3, 0.4) is 0 Å². The molecule has 0 bridgehead atoms. The van der Waals surface area contributed by atoms with Crippen molar-refractivity contribution in [3.63, 3.8) is 0 Å². The summed E-state index contributed by atoms with van der Waals surface area (Å²) in [5.74, 6) is -0.110. The van der Waals surface area contributed by atoms with Gasteiger partial charge in [-0.05, 0) is 65.9 Å². The standard InChI is InChI=1S/C31H34FN3O7S/c1-40-15-16-41-20-42-29-10-8-26(18-28(29)33-43(2,38)39)35-14-11-24-17-23(7-9-27(24)31(35)37)21-3-5-22(6-4-21)30(36)34-13-12-25(32)19-34/h3-10,17-18,25,33H,11-16,19-20H2,1-2H3/t25-/m1/s1. The molecular formula is C31H34FN3O7S. The zero-order valence-corrected chi connectivity index (χ0v) is 24.9. The lowest BCUT2D eigenvalue weighted by atomic mass is 9.93. The van der Waals surface area contributed by atoms with E-state index in [2.05, 4.69) is 4.72 Å². The smallest absolute Gasteiger partial charge is 0.258 e. The molecule has 228 valence electrons. The zero-order chi connectivity index (χ0) is 30.6. The van der Waals surface area contributed by atoms with Crippen LogP contribution in [0, 0.1) is 0 Å². The van der Waals surface area contributed by atoms with Crippen LogP contribution in [0.5, 0.6) is 5.75 Å². The molecule has 43 heavy (non-hydrogen) atoms. The van der Waals surface area contributed by atoms with E-state index in [1.807, 2.05) is 24.3 Å². The van der Waals surface area contributed by atoms with Crippen molar-refractivity contribution in [1.82, 2.24) is 4.90 Å². The molecule has 2 aliphatic heterocycles. The van der Waals surface area contributed by atoms with Crippen molar-refractivity contribution in [2.24, 2.45) is 0 Å². The highest BCUT2D eigenvalue weighted by Crippen LogP contribution is 2.34. The van der Waals surface area contributed by atoms with Crippen LogP contribution < -0.4 is 14.4 Å². The van der Waals surface area contributed by atoms with Gasteiger partial charge in [0.2, 0.25) is 10.0 Å². The largest absolute Gasteiger partial charge is 0.465 e. The molecule has 3 aromatic rings. The number of carbonyl (C=O) groups is 2. The highest BCUT2D eigenvalue weighted by atomic mass is 32.2. The van der Waals surface area contributed by atoms with Crippen LogP contribution in [0.1, 0.15) is 32.7 Å². The van der Waals surface area contributed by atoms with Gasteiger partial charge in [-0.1, -0.05) is 24.3 Å². The van der Waals surface area contributed by atoms with Crippen LogP contribution in [0.2, 0.25) is 0 Å². The molecule has 0 radical (unpaired) electrons. The second-order valence-corrected chi connectivity index (χ2v) is 12.3. The Balaban J connectivity index is 1.31. The number of ether oxygens (including phenoxy) is 3. The Hall–Kier alpha value is -4.00. The van der Waals surface area contributed by atoms with Crippen molar-refractivity contribution in [2.75, 3.05) is 62.6 Å². The van der Waals surface area contributed by atoms with Crippen molar-refractivity contribution in [1.29, 1.82) is 0 Å². The van der Waals surface area contributed by atoms with Crippen LogP contribution >= 0.6 is 0 Å². The van der Waals surface area contributed by atoms with Crippen molar-refractivity contribution >= 4 is 33.2 Å². The zero-order valence-electron chi connectivity index (χ0n) is 24.0. The number of methoxy groups -OCH3 is 1. The highest BCUT2D eigenvalue weighted by Gasteiger charge is 2.28. The summed E-state index contributed by atoms with van der Waals surface area (Å²) in [5, 5.41) is 0. The van der Waals surface area contributed by atoms with Crippen LogP contribution in [0.15, 0.2) is 60.7 Å². The predicted molar refractivity (Wildman–Crippen MR) is 161 cm³/mol. The van der Waals surface area contributed by atoms with Crippen LogP contribution in [0.4, 0.5) is 15.8 Å². The first-order valence-corrected chi connectivity index (χ1v) is 15.8. The molecule has 12 heteroatoms. The number of sulfonamides is 1. The molecule has 1 atom stereocenters. The van der Waals surface area contributed by atoms with Gasteiger partial charge in [0, 0.05) is 37.0 Å². The summed E-state index contributed by atoms with van der Waals surface area (Å²) < 4.78 is 55.9. The van der Waals surface area contributed by atoms with Gasteiger partial charge in [-0.3, -0.25) is 14.3 Å². The summed E-state index contributed by atoms with van der Waals surface area (Å²) in [6.07, 6.45) is 1.04. The topological polar surface area (TPSA) is 114 Å². The number of fused-ring (bicyclic) bond motifs is 1. The molecule has 0 spiro atoms. The van der Waals surface area contributed by atoms with Gasteiger partial charge in [-0.25, -0.2) is 12.8 Å². The van der Waals surface area contributed by atoms with E-state index in [0.717, 1.165) is 22.9 Å². The number of alkyl halides is 1. The van der Waals surface area contributed by atoms with Crippen LogP contribution in [0.25, 0.3) is 11.1 Å². The van der Waals surface area contributed by atoms with E-state index in [4.69, 9.17) is 14.2 Å². The molecule has 0 saturated carbocycles. The number of nitrogens with zero attached hydrogens (tertiary/aromatic N) is 2. The van der Waals surface area contributed by atoms with Gasteiger partial charge in [0.1, 0.15) is 11.9 Å². The summed E-state index contributed by atoms with van der Waals surface area (Å²) in [6, 6.07) is 17.7. The number of likely N-dealkylation sites (tertiary alicyclic amines) is 1. The molecule has 0 unspecified atom stereocenters. The quantitative estimate of drug-likeness (QED) is 0.256. The van der Waals surface area contributed by atoms with Gasteiger partial charge < -0.3 is 24.0 Å². The number of amides is 2. The van der Waals surface area contributed by atoms with Gasteiger partial charge in [0.05, 0.1) is 31.7 Å². The minimum Gasteiger partial charge on any atom is -0.465 e. The minimum atomic E-state index is -3.62. The number of hydrogen-bond donors (Lipinski definition) is 1. The third-order valence-electron chi connectivity index (χ3n) is 7.37. The minimum absolute atomic E-state index is 0.101. The lowest BCUT2D eigenvalue weighted by Crippen LogP contribution is -2.37. The molecule has 1 N–H and O–H groups in total. The Morgan fingerprint density at radius 3 is 2.49 bits per heavy atom.